The van der Waals surface area contributed by atoms with E-state index in [0.29, 0.717) is 34.8 Å². The maximum atomic E-state index is 14.5. The first-order valence-electron chi connectivity index (χ1n) is 10.7. The van der Waals surface area contributed by atoms with E-state index in [4.69, 9.17) is 16.6 Å². The fraction of sp³-hybridized carbons (Fsp3) is 0.320. The summed E-state index contributed by atoms with van der Waals surface area (Å²) in [6, 6.07) is 11.2. The zero-order valence-electron chi connectivity index (χ0n) is 17.6. The van der Waals surface area contributed by atoms with Crippen molar-refractivity contribution < 1.29 is 4.39 Å². The SMILES string of the molecule is CC(C)N1CCC(c2cnc3ccc(C4=CCN=C4c4cc(Cl)ccc4F)nc3c2)C1. The average molecular weight is 435 g/mol. The van der Waals surface area contributed by atoms with Crippen molar-refractivity contribution in [2.75, 3.05) is 19.6 Å². The first-order chi connectivity index (χ1) is 15.0. The van der Waals surface area contributed by atoms with Crippen LogP contribution < -0.4 is 0 Å². The lowest BCUT2D eigenvalue weighted by Gasteiger charge is -2.20. The van der Waals surface area contributed by atoms with Gasteiger partial charge >= 0.3 is 0 Å². The van der Waals surface area contributed by atoms with Crippen LogP contribution in [0.1, 0.15) is 43.0 Å². The van der Waals surface area contributed by atoms with Crippen LogP contribution in [0, 0.1) is 5.82 Å². The van der Waals surface area contributed by atoms with Gasteiger partial charge in [-0.15, -0.1) is 0 Å². The zero-order chi connectivity index (χ0) is 21.5. The lowest BCUT2D eigenvalue weighted by Crippen LogP contribution is -2.27. The maximum Gasteiger partial charge on any atom is 0.132 e. The van der Waals surface area contributed by atoms with Crippen LogP contribution in [0.5, 0.6) is 0 Å². The molecular weight excluding hydrogens is 411 g/mol. The molecule has 2 aromatic heterocycles. The molecule has 4 heterocycles. The van der Waals surface area contributed by atoms with E-state index in [-0.39, 0.29) is 5.82 Å². The van der Waals surface area contributed by atoms with Gasteiger partial charge < -0.3 is 4.90 Å². The van der Waals surface area contributed by atoms with E-state index in [1.807, 2.05) is 24.4 Å². The summed E-state index contributed by atoms with van der Waals surface area (Å²) in [5.41, 5.74) is 5.56. The van der Waals surface area contributed by atoms with Crippen molar-refractivity contribution >= 4 is 33.9 Å². The molecule has 0 saturated carbocycles. The van der Waals surface area contributed by atoms with Crippen LogP contribution >= 0.6 is 11.6 Å². The van der Waals surface area contributed by atoms with Crippen molar-refractivity contribution in [2.24, 2.45) is 4.99 Å². The predicted molar refractivity (Wildman–Crippen MR) is 124 cm³/mol. The van der Waals surface area contributed by atoms with Gasteiger partial charge in [0.1, 0.15) is 5.82 Å². The molecule has 2 aliphatic rings. The Hall–Kier alpha value is -2.63. The number of pyridine rings is 2. The van der Waals surface area contributed by atoms with Gasteiger partial charge in [-0.2, -0.15) is 0 Å². The first-order valence-corrected chi connectivity index (χ1v) is 11.1. The number of allylic oxidation sites excluding steroid dienone is 1. The molecule has 0 amide bonds. The second-order valence-electron chi connectivity index (χ2n) is 8.51. The minimum absolute atomic E-state index is 0.336. The number of rotatable bonds is 4. The van der Waals surface area contributed by atoms with Crippen molar-refractivity contribution in [1.29, 1.82) is 0 Å². The molecule has 1 unspecified atom stereocenters. The van der Waals surface area contributed by atoms with E-state index in [2.05, 4.69) is 34.8 Å². The molecule has 3 aromatic rings. The quantitative estimate of drug-likeness (QED) is 0.544. The van der Waals surface area contributed by atoms with E-state index < -0.39 is 0 Å². The van der Waals surface area contributed by atoms with Crippen molar-refractivity contribution in [3.05, 3.63) is 76.3 Å². The number of hydrogen-bond donors (Lipinski definition) is 0. The summed E-state index contributed by atoms with van der Waals surface area (Å²) in [6.45, 7) is 7.16. The topological polar surface area (TPSA) is 41.4 Å². The number of halogens is 2. The molecule has 0 N–H and O–H groups in total. The summed E-state index contributed by atoms with van der Waals surface area (Å²) in [5.74, 6) is 0.143. The fourth-order valence-corrected chi connectivity index (χ4v) is 4.64. The third-order valence-corrected chi connectivity index (χ3v) is 6.47. The maximum absolute atomic E-state index is 14.5. The molecule has 5 rings (SSSR count). The molecule has 6 heteroatoms. The molecule has 158 valence electrons. The largest absolute Gasteiger partial charge is 0.300 e. The predicted octanol–water partition coefficient (Wildman–Crippen LogP) is 5.51. The molecule has 1 aromatic carbocycles. The number of nitrogens with zero attached hydrogens (tertiary/aromatic N) is 4. The van der Waals surface area contributed by atoms with E-state index in [1.54, 1.807) is 12.1 Å². The molecule has 0 spiro atoms. The highest BCUT2D eigenvalue weighted by atomic mass is 35.5. The Bertz CT molecular complexity index is 1220. The summed E-state index contributed by atoms with van der Waals surface area (Å²) in [5, 5.41) is 0.484. The summed E-state index contributed by atoms with van der Waals surface area (Å²) < 4.78 is 14.5. The van der Waals surface area contributed by atoms with Crippen LogP contribution in [-0.4, -0.2) is 46.3 Å². The van der Waals surface area contributed by atoms with Crippen LogP contribution in [0.3, 0.4) is 0 Å². The number of fused-ring (bicyclic) bond motifs is 1. The van der Waals surface area contributed by atoms with Crippen LogP contribution in [-0.2, 0) is 0 Å². The lowest BCUT2D eigenvalue weighted by molar-refractivity contribution is 0.272. The molecule has 31 heavy (non-hydrogen) atoms. The second-order valence-corrected chi connectivity index (χ2v) is 8.95. The van der Waals surface area contributed by atoms with Gasteiger partial charge in [0.2, 0.25) is 0 Å². The van der Waals surface area contributed by atoms with Gasteiger partial charge in [0.15, 0.2) is 0 Å². The van der Waals surface area contributed by atoms with E-state index in [1.165, 1.54) is 11.6 Å². The smallest absolute Gasteiger partial charge is 0.132 e. The highest BCUT2D eigenvalue weighted by Crippen LogP contribution is 2.31. The van der Waals surface area contributed by atoms with Gasteiger partial charge in [-0.1, -0.05) is 17.7 Å². The summed E-state index contributed by atoms with van der Waals surface area (Å²) in [6.07, 6.45) is 5.11. The molecule has 0 aliphatic carbocycles. The van der Waals surface area contributed by atoms with Crippen LogP contribution in [0.4, 0.5) is 4.39 Å². The number of aromatic nitrogens is 2. The average Bonchev–Trinajstić information content (AvgIpc) is 3.45. The van der Waals surface area contributed by atoms with Gasteiger partial charge in [0, 0.05) is 34.9 Å². The Morgan fingerprint density at radius 1 is 1.13 bits per heavy atom. The lowest BCUT2D eigenvalue weighted by atomic mass is 9.98. The number of benzene rings is 1. The minimum Gasteiger partial charge on any atom is -0.300 e. The molecule has 1 saturated heterocycles. The van der Waals surface area contributed by atoms with Crippen LogP contribution in [0.2, 0.25) is 5.02 Å². The van der Waals surface area contributed by atoms with Gasteiger partial charge in [0.05, 0.1) is 29.0 Å². The highest BCUT2D eigenvalue weighted by molar-refractivity contribution is 6.35. The number of aliphatic imine (C=N–C) groups is 1. The Kier molecular flexibility index (Phi) is 5.32. The molecule has 1 fully saturated rings. The fourth-order valence-electron chi connectivity index (χ4n) is 4.47. The number of hydrogen-bond acceptors (Lipinski definition) is 4. The molecule has 0 radical (unpaired) electrons. The molecular formula is C25H24ClFN4. The molecule has 2 aliphatic heterocycles. The van der Waals surface area contributed by atoms with Gasteiger partial charge in [-0.05, 0) is 74.7 Å². The van der Waals surface area contributed by atoms with Crippen molar-refractivity contribution in [1.82, 2.24) is 14.9 Å². The third-order valence-electron chi connectivity index (χ3n) is 6.24. The monoisotopic (exact) mass is 434 g/mol. The third kappa shape index (κ3) is 3.88. The van der Waals surface area contributed by atoms with Gasteiger partial charge in [-0.25, -0.2) is 9.37 Å². The Morgan fingerprint density at radius 3 is 2.81 bits per heavy atom. The van der Waals surface area contributed by atoms with Crippen LogP contribution in [0.15, 0.2) is 53.7 Å². The Labute approximate surface area is 186 Å². The van der Waals surface area contributed by atoms with Gasteiger partial charge in [-0.3, -0.25) is 9.98 Å². The molecule has 4 nitrogen and oxygen atoms in total. The minimum atomic E-state index is -0.336. The van der Waals surface area contributed by atoms with E-state index in [0.717, 1.165) is 41.8 Å². The Morgan fingerprint density at radius 2 is 2.00 bits per heavy atom. The summed E-state index contributed by atoms with van der Waals surface area (Å²) in [4.78, 5) is 16.6. The van der Waals surface area contributed by atoms with E-state index in [9.17, 15) is 4.39 Å². The van der Waals surface area contributed by atoms with Crippen molar-refractivity contribution in [2.45, 2.75) is 32.2 Å². The number of likely N-dealkylation sites (tertiary alicyclic amines) is 1. The molecule has 1 atom stereocenters. The normalized spacial score (nSPS) is 19.3. The van der Waals surface area contributed by atoms with E-state index >= 15 is 0 Å². The molecule has 0 bridgehead atoms. The first kappa shape index (κ1) is 20.3. The zero-order valence-corrected chi connectivity index (χ0v) is 18.4. The summed E-state index contributed by atoms with van der Waals surface area (Å²) >= 11 is 6.11. The van der Waals surface area contributed by atoms with Crippen LogP contribution in [0.25, 0.3) is 16.6 Å². The van der Waals surface area contributed by atoms with Crippen molar-refractivity contribution in [3.63, 3.8) is 0 Å². The summed E-state index contributed by atoms with van der Waals surface area (Å²) in [7, 11) is 0. The second kappa shape index (κ2) is 8.13. The van der Waals surface area contributed by atoms with Crippen molar-refractivity contribution in [3.8, 4) is 0 Å². The highest BCUT2D eigenvalue weighted by Gasteiger charge is 2.26. The van der Waals surface area contributed by atoms with Gasteiger partial charge in [0.25, 0.3) is 0 Å². The Balaban J connectivity index is 1.48. The standard InChI is InChI=1S/C25H24ClFN4/c1-15(2)31-10-8-16(14-31)17-11-24-23(29-13-17)6-5-22(30-24)19-7-9-28-25(19)20-12-18(26)3-4-21(20)27/h3-7,11-13,15-16H,8-10,14H2,1-2H3.